The second-order valence-electron chi connectivity index (χ2n) is 4.35. The number of hydrogen-bond acceptors (Lipinski definition) is 0. The molecule has 0 aliphatic rings. The first-order valence-electron chi connectivity index (χ1n) is 5.85. The summed E-state index contributed by atoms with van der Waals surface area (Å²) in [6.07, 6.45) is 0.305. The van der Waals surface area contributed by atoms with Crippen LogP contribution in [-0.2, 0) is 6.42 Å². The van der Waals surface area contributed by atoms with Gasteiger partial charge in [0, 0.05) is 17.9 Å². The van der Waals surface area contributed by atoms with Crippen LogP contribution in [0.15, 0.2) is 42.5 Å². The lowest BCUT2D eigenvalue weighted by atomic mass is 9.93. The smallest absolute Gasteiger partial charge is 0.129 e. The molecule has 0 radical (unpaired) electrons. The van der Waals surface area contributed by atoms with Gasteiger partial charge in [0.05, 0.1) is 0 Å². The lowest BCUT2D eigenvalue weighted by Crippen LogP contribution is -2.06. The van der Waals surface area contributed by atoms with Crippen molar-refractivity contribution in [3.63, 3.8) is 0 Å². The van der Waals surface area contributed by atoms with Crippen molar-refractivity contribution in [2.75, 3.05) is 5.88 Å². The van der Waals surface area contributed by atoms with E-state index in [0.29, 0.717) is 17.5 Å². The molecule has 0 aromatic heterocycles. The van der Waals surface area contributed by atoms with Gasteiger partial charge in [0.15, 0.2) is 0 Å². The van der Waals surface area contributed by atoms with Crippen LogP contribution < -0.4 is 0 Å². The summed E-state index contributed by atoms with van der Waals surface area (Å²) in [5.74, 6) is -1.55. The first-order chi connectivity index (χ1) is 9.10. The zero-order valence-electron chi connectivity index (χ0n) is 10.0. The van der Waals surface area contributed by atoms with Crippen molar-refractivity contribution >= 4 is 11.6 Å². The maximum absolute atomic E-state index is 13.6. The second-order valence-corrected chi connectivity index (χ2v) is 4.65. The third-order valence-electron chi connectivity index (χ3n) is 2.99. The summed E-state index contributed by atoms with van der Waals surface area (Å²) in [5.41, 5.74) is 1.08. The van der Waals surface area contributed by atoms with Crippen LogP contribution in [-0.4, -0.2) is 5.88 Å². The molecule has 100 valence electrons. The van der Waals surface area contributed by atoms with Crippen LogP contribution in [0.4, 0.5) is 13.2 Å². The summed E-state index contributed by atoms with van der Waals surface area (Å²) in [6, 6.07) is 9.50. The van der Waals surface area contributed by atoms with Gasteiger partial charge in [-0.25, -0.2) is 13.2 Å². The highest BCUT2D eigenvalue weighted by atomic mass is 35.5. The number of halogens is 4. The molecular weight excluding hydrogens is 273 g/mol. The molecule has 0 heterocycles. The van der Waals surface area contributed by atoms with E-state index in [9.17, 15) is 13.2 Å². The van der Waals surface area contributed by atoms with Gasteiger partial charge in [-0.05, 0) is 35.7 Å². The van der Waals surface area contributed by atoms with Crippen LogP contribution in [0.25, 0.3) is 0 Å². The summed E-state index contributed by atoms with van der Waals surface area (Å²) >= 11 is 5.87. The van der Waals surface area contributed by atoms with E-state index >= 15 is 0 Å². The van der Waals surface area contributed by atoms with Gasteiger partial charge >= 0.3 is 0 Å². The Morgan fingerprint density at radius 2 is 1.68 bits per heavy atom. The van der Waals surface area contributed by atoms with E-state index in [4.69, 9.17) is 11.6 Å². The van der Waals surface area contributed by atoms with Gasteiger partial charge in [-0.15, -0.1) is 11.6 Å². The molecule has 2 aromatic rings. The Hall–Kier alpha value is -1.48. The molecular formula is C15H12ClF3. The molecule has 0 saturated carbocycles. The summed E-state index contributed by atoms with van der Waals surface area (Å²) in [7, 11) is 0. The molecule has 4 heteroatoms. The molecule has 19 heavy (non-hydrogen) atoms. The molecule has 0 aliphatic carbocycles. The second kappa shape index (κ2) is 6.11. The summed E-state index contributed by atoms with van der Waals surface area (Å²) in [4.78, 5) is 0. The van der Waals surface area contributed by atoms with Crippen LogP contribution in [0, 0.1) is 17.5 Å². The van der Waals surface area contributed by atoms with E-state index in [1.54, 1.807) is 12.1 Å². The SMILES string of the molecule is Fc1cccc(C(CCl)Cc2ccc(F)cc2F)c1. The fourth-order valence-electron chi connectivity index (χ4n) is 1.97. The predicted octanol–water partition coefficient (Wildman–Crippen LogP) is 4.67. The van der Waals surface area contributed by atoms with Crippen LogP contribution in [0.5, 0.6) is 0 Å². The largest absolute Gasteiger partial charge is 0.207 e. The minimum Gasteiger partial charge on any atom is -0.207 e. The fraction of sp³-hybridized carbons (Fsp3) is 0.200. The van der Waals surface area contributed by atoms with Crippen LogP contribution in [0.2, 0.25) is 0 Å². The standard InChI is InChI=1S/C15H12ClF3/c16-9-12(10-2-1-3-13(17)7-10)6-11-4-5-14(18)8-15(11)19/h1-5,7-8,12H,6,9H2. The van der Waals surface area contributed by atoms with Gasteiger partial charge in [-0.1, -0.05) is 18.2 Å². The molecule has 0 N–H and O–H groups in total. The van der Waals surface area contributed by atoms with Crippen molar-refractivity contribution in [3.05, 3.63) is 71.0 Å². The van der Waals surface area contributed by atoms with Crippen molar-refractivity contribution in [2.45, 2.75) is 12.3 Å². The zero-order chi connectivity index (χ0) is 13.8. The molecule has 0 aliphatic heterocycles. The van der Waals surface area contributed by atoms with Gasteiger partial charge in [0.1, 0.15) is 17.5 Å². The molecule has 0 bridgehead atoms. The predicted molar refractivity (Wildman–Crippen MR) is 69.9 cm³/mol. The van der Waals surface area contributed by atoms with Crippen molar-refractivity contribution < 1.29 is 13.2 Å². The average Bonchev–Trinajstić information content (AvgIpc) is 2.38. The molecule has 2 rings (SSSR count). The molecule has 0 amide bonds. The van der Waals surface area contributed by atoms with Gasteiger partial charge in [-0.3, -0.25) is 0 Å². The topological polar surface area (TPSA) is 0 Å². The van der Waals surface area contributed by atoms with Crippen molar-refractivity contribution in [1.82, 2.24) is 0 Å². The van der Waals surface area contributed by atoms with Crippen LogP contribution in [0.3, 0.4) is 0 Å². The molecule has 0 saturated heterocycles. The van der Waals surface area contributed by atoms with E-state index in [1.807, 2.05) is 0 Å². The quantitative estimate of drug-likeness (QED) is 0.716. The fourth-order valence-corrected chi connectivity index (χ4v) is 2.26. The first kappa shape index (κ1) is 13.9. The van der Waals surface area contributed by atoms with Crippen LogP contribution in [0.1, 0.15) is 17.0 Å². The maximum Gasteiger partial charge on any atom is 0.129 e. The zero-order valence-corrected chi connectivity index (χ0v) is 10.8. The van der Waals surface area contributed by atoms with Crippen molar-refractivity contribution in [3.8, 4) is 0 Å². The highest BCUT2D eigenvalue weighted by Crippen LogP contribution is 2.24. The lowest BCUT2D eigenvalue weighted by molar-refractivity contribution is 0.565. The molecule has 2 aromatic carbocycles. The molecule has 0 fully saturated rings. The van der Waals surface area contributed by atoms with Crippen molar-refractivity contribution in [2.24, 2.45) is 0 Å². The number of rotatable bonds is 4. The van der Waals surface area contributed by atoms with Gasteiger partial charge in [0.2, 0.25) is 0 Å². The third-order valence-corrected chi connectivity index (χ3v) is 3.36. The Labute approximate surface area is 114 Å². The Balaban J connectivity index is 2.24. The normalized spacial score (nSPS) is 12.4. The number of benzene rings is 2. The van der Waals surface area contributed by atoms with E-state index in [-0.39, 0.29) is 17.6 Å². The molecule has 0 spiro atoms. The lowest BCUT2D eigenvalue weighted by Gasteiger charge is -2.15. The number of alkyl halides is 1. The average molecular weight is 285 g/mol. The monoisotopic (exact) mass is 284 g/mol. The highest BCUT2D eigenvalue weighted by molar-refractivity contribution is 6.18. The summed E-state index contributed by atoms with van der Waals surface area (Å²) in [5, 5.41) is 0. The number of hydrogen-bond donors (Lipinski definition) is 0. The van der Waals surface area contributed by atoms with Crippen molar-refractivity contribution in [1.29, 1.82) is 0 Å². The van der Waals surface area contributed by atoms with E-state index in [0.717, 1.165) is 6.07 Å². The van der Waals surface area contributed by atoms with Gasteiger partial charge < -0.3 is 0 Å². The molecule has 0 nitrogen and oxygen atoms in total. The molecule has 1 unspecified atom stereocenters. The molecule has 1 atom stereocenters. The first-order valence-corrected chi connectivity index (χ1v) is 6.39. The maximum atomic E-state index is 13.6. The van der Waals surface area contributed by atoms with E-state index in [1.165, 1.54) is 24.3 Å². The van der Waals surface area contributed by atoms with Crippen LogP contribution >= 0.6 is 11.6 Å². The van der Waals surface area contributed by atoms with Gasteiger partial charge in [0.25, 0.3) is 0 Å². The highest BCUT2D eigenvalue weighted by Gasteiger charge is 2.14. The Morgan fingerprint density at radius 3 is 2.32 bits per heavy atom. The minimum absolute atomic E-state index is 0.211. The summed E-state index contributed by atoms with van der Waals surface area (Å²) in [6.45, 7) is 0. The Morgan fingerprint density at radius 1 is 0.947 bits per heavy atom. The Bertz CT molecular complexity index is 569. The summed E-state index contributed by atoms with van der Waals surface area (Å²) < 4.78 is 39.6. The van der Waals surface area contributed by atoms with E-state index < -0.39 is 11.6 Å². The third kappa shape index (κ3) is 3.51. The van der Waals surface area contributed by atoms with Gasteiger partial charge in [-0.2, -0.15) is 0 Å². The van der Waals surface area contributed by atoms with E-state index in [2.05, 4.69) is 0 Å². The minimum atomic E-state index is -0.616. The Kier molecular flexibility index (Phi) is 4.48.